The number of hydrogen-bond acceptors (Lipinski definition) is 3. The molecule has 0 fully saturated rings. The molecule has 0 unspecified atom stereocenters. The van der Waals surface area contributed by atoms with Crippen molar-refractivity contribution in [2.45, 2.75) is 20.8 Å². The predicted octanol–water partition coefficient (Wildman–Crippen LogP) is 2.68. The van der Waals surface area contributed by atoms with Crippen LogP contribution in [0.15, 0.2) is 18.2 Å². The van der Waals surface area contributed by atoms with Crippen molar-refractivity contribution in [1.29, 1.82) is 5.26 Å². The van der Waals surface area contributed by atoms with Crippen molar-refractivity contribution < 1.29 is 9.53 Å². The van der Waals surface area contributed by atoms with Gasteiger partial charge in [0.05, 0.1) is 24.3 Å². The van der Waals surface area contributed by atoms with E-state index in [1.165, 1.54) is 7.11 Å². The molecular weight excluding hydrogens is 190 g/mol. The molecule has 1 aromatic rings. The second-order valence-corrected chi connectivity index (χ2v) is 2.63. The van der Waals surface area contributed by atoms with Crippen molar-refractivity contribution in [1.82, 2.24) is 0 Å². The van der Waals surface area contributed by atoms with Gasteiger partial charge in [0.25, 0.3) is 0 Å². The molecule has 0 aromatic heterocycles. The number of nitrogens with zero attached hydrogens (tertiary/aromatic N) is 1. The SMILES string of the molecule is CC.COC(=O)c1ccc(C#N)cc1C. The molecule has 1 aromatic carbocycles. The molecule has 3 heteroatoms. The fraction of sp³-hybridized carbons (Fsp3) is 0.333. The lowest BCUT2D eigenvalue weighted by Gasteiger charge is -2.02. The largest absolute Gasteiger partial charge is 0.465 e. The lowest BCUT2D eigenvalue weighted by molar-refractivity contribution is 0.0600. The van der Waals surface area contributed by atoms with E-state index in [1.807, 2.05) is 19.9 Å². The molecule has 3 nitrogen and oxygen atoms in total. The zero-order valence-electron chi connectivity index (χ0n) is 9.50. The molecule has 15 heavy (non-hydrogen) atoms. The fourth-order valence-electron chi connectivity index (χ4n) is 1.07. The van der Waals surface area contributed by atoms with Gasteiger partial charge in [0, 0.05) is 0 Å². The Morgan fingerprint density at radius 1 is 1.40 bits per heavy atom. The predicted molar refractivity (Wildman–Crippen MR) is 58.6 cm³/mol. The summed E-state index contributed by atoms with van der Waals surface area (Å²) in [6.45, 7) is 5.77. The average molecular weight is 205 g/mol. The van der Waals surface area contributed by atoms with Crippen molar-refractivity contribution in [3.05, 3.63) is 34.9 Å². The third kappa shape index (κ3) is 3.43. The maximum absolute atomic E-state index is 11.1. The highest BCUT2D eigenvalue weighted by atomic mass is 16.5. The van der Waals surface area contributed by atoms with Crippen LogP contribution in [-0.2, 0) is 4.74 Å². The highest BCUT2D eigenvalue weighted by Gasteiger charge is 2.08. The number of aryl methyl sites for hydroxylation is 1. The molecule has 0 aliphatic carbocycles. The summed E-state index contributed by atoms with van der Waals surface area (Å²) in [5, 5.41) is 8.58. The molecule has 0 aliphatic rings. The molecule has 0 saturated carbocycles. The van der Waals surface area contributed by atoms with Gasteiger partial charge in [-0.25, -0.2) is 4.79 Å². The van der Waals surface area contributed by atoms with Crippen LogP contribution < -0.4 is 0 Å². The van der Waals surface area contributed by atoms with E-state index in [-0.39, 0.29) is 5.97 Å². The number of ether oxygens (including phenoxy) is 1. The van der Waals surface area contributed by atoms with E-state index in [1.54, 1.807) is 25.1 Å². The highest BCUT2D eigenvalue weighted by Crippen LogP contribution is 2.11. The Morgan fingerprint density at radius 2 is 2.00 bits per heavy atom. The standard InChI is InChI=1S/C10H9NO2.C2H6/c1-7-5-8(6-11)3-4-9(7)10(12)13-2;1-2/h3-5H,1-2H3;1-2H3. The number of carbonyl (C=O) groups excluding carboxylic acids is 1. The van der Waals surface area contributed by atoms with E-state index in [4.69, 9.17) is 5.26 Å². The minimum atomic E-state index is -0.373. The Balaban J connectivity index is 0.000000921. The van der Waals surface area contributed by atoms with Gasteiger partial charge in [0.15, 0.2) is 0 Å². The van der Waals surface area contributed by atoms with E-state index in [9.17, 15) is 4.79 Å². The van der Waals surface area contributed by atoms with E-state index in [0.717, 1.165) is 5.56 Å². The Labute approximate surface area is 90.3 Å². The van der Waals surface area contributed by atoms with Gasteiger partial charge in [-0.15, -0.1) is 0 Å². The first kappa shape index (κ1) is 13.2. The Morgan fingerprint density at radius 3 is 2.40 bits per heavy atom. The molecule has 0 aliphatic heterocycles. The molecule has 0 atom stereocenters. The second-order valence-electron chi connectivity index (χ2n) is 2.63. The first-order valence-corrected chi connectivity index (χ1v) is 4.78. The third-order valence-electron chi connectivity index (χ3n) is 1.76. The maximum atomic E-state index is 11.1. The molecule has 0 spiro atoms. The van der Waals surface area contributed by atoms with Gasteiger partial charge in [-0.2, -0.15) is 5.26 Å². The van der Waals surface area contributed by atoms with Crippen molar-refractivity contribution in [3.63, 3.8) is 0 Å². The minimum absolute atomic E-state index is 0.373. The van der Waals surface area contributed by atoms with Crippen molar-refractivity contribution >= 4 is 5.97 Å². The van der Waals surface area contributed by atoms with Crippen LogP contribution in [-0.4, -0.2) is 13.1 Å². The summed E-state index contributed by atoms with van der Waals surface area (Å²) in [6, 6.07) is 6.85. The van der Waals surface area contributed by atoms with E-state index in [2.05, 4.69) is 4.74 Å². The number of nitriles is 1. The molecular formula is C12H15NO2. The molecule has 80 valence electrons. The minimum Gasteiger partial charge on any atom is -0.465 e. The number of hydrogen-bond donors (Lipinski definition) is 0. The second kappa shape index (κ2) is 6.61. The monoisotopic (exact) mass is 205 g/mol. The number of rotatable bonds is 1. The quantitative estimate of drug-likeness (QED) is 0.662. The van der Waals surface area contributed by atoms with Gasteiger partial charge >= 0.3 is 5.97 Å². The van der Waals surface area contributed by atoms with E-state index >= 15 is 0 Å². The van der Waals surface area contributed by atoms with Gasteiger partial charge in [-0.3, -0.25) is 0 Å². The normalized spacial score (nSPS) is 8.20. The van der Waals surface area contributed by atoms with Gasteiger partial charge in [0.2, 0.25) is 0 Å². The summed E-state index contributed by atoms with van der Waals surface area (Å²) in [7, 11) is 1.33. The summed E-state index contributed by atoms with van der Waals surface area (Å²) in [6.07, 6.45) is 0. The van der Waals surface area contributed by atoms with E-state index < -0.39 is 0 Å². The number of benzene rings is 1. The number of carbonyl (C=O) groups is 1. The lowest BCUT2D eigenvalue weighted by Crippen LogP contribution is -2.03. The molecule has 0 N–H and O–H groups in total. The van der Waals surface area contributed by atoms with Crippen LogP contribution in [0.1, 0.15) is 35.3 Å². The van der Waals surface area contributed by atoms with Gasteiger partial charge in [0.1, 0.15) is 0 Å². The van der Waals surface area contributed by atoms with Crippen molar-refractivity contribution in [3.8, 4) is 6.07 Å². The number of methoxy groups -OCH3 is 1. The summed E-state index contributed by atoms with van der Waals surface area (Å²) in [4.78, 5) is 11.1. The fourth-order valence-corrected chi connectivity index (χ4v) is 1.07. The molecule has 1 rings (SSSR count). The van der Waals surface area contributed by atoms with Gasteiger partial charge in [-0.05, 0) is 30.7 Å². The molecule has 0 radical (unpaired) electrons. The smallest absolute Gasteiger partial charge is 0.338 e. The van der Waals surface area contributed by atoms with Crippen LogP contribution in [0.2, 0.25) is 0 Å². The van der Waals surface area contributed by atoms with Crippen LogP contribution in [0.5, 0.6) is 0 Å². The Hall–Kier alpha value is -1.82. The molecule has 0 heterocycles. The number of esters is 1. The third-order valence-corrected chi connectivity index (χ3v) is 1.76. The van der Waals surface area contributed by atoms with Gasteiger partial charge < -0.3 is 4.74 Å². The summed E-state index contributed by atoms with van der Waals surface area (Å²) >= 11 is 0. The van der Waals surface area contributed by atoms with Crippen LogP contribution in [0.3, 0.4) is 0 Å². The van der Waals surface area contributed by atoms with Gasteiger partial charge in [-0.1, -0.05) is 13.8 Å². The van der Waals surface area contributed by atoms with Crippen LogP contribution >= 0.6 is 0 Å². The first-order valence-electron chi connectivity index (χ1n) is 4.78. The Bertz CT molecular complexity index is 378. The lowest BCUT2D eigenvalue weighted by atomic mass is 10.1. The molecule has 0 bridgehead atoms. The van der Waals surface area contributed by atoms with Crippen LogP contribution in [0.25, 0.3) is 0 Å². The first-order chi connectivity index (χ1) is 7.19. The summed E-state index contributed by atoms with van der Waals surface area (Å²) in [5.74, 6) is -0.373. The molecule has 0 amide bonds. The summed E-state index contributed by atoms with van der Waals surface area (Å²) < 4.78 is 4.57. The van der Waals surface area contributed by atoms with Crippen LogP contribution in [0.4, 0.5) is 0 Å². The highest BCUT2D eigenvalue weighted by molar-refractivity contribution is 5.91. The van der Waals surface area contributed by atoms with E-state index in [0.29, 0.717) is 11.1 Å². The Kier molecular flexibility index (Phi) is 5.81. The van der Waals surface area contributed by atoms with Crippen molar-refractivity contribution in [2.75, 3.05) is 7.11 Å². The zero-order valence-corrected chi connectivity index (χ0v) is 9.50. The average Bonchev–Trinajstić information content (AvgIpc) is 2.30. The summed E-state index contributed by atoms with van der Waals surface area (Å²) in [5.41, 5.74) is 1.80. The van der Waals surface area contributed by atoms with Crippen molar-refractivity contribution in [2.24, 2.45) is 0 Å². The topological polar surface area (TPSA) is 50.1 Å². The zero-order chi connectivity index (χ0) is 11.8. The van der Waals surface area contributed by atoms with Crippen LogP contribution in [0, 0.1) is 18.3 Å². The molecule has 0 saturated heterocycles. The maximum Gasteiger partial charge on any atom is 0.338 e.